The SMILES string of the molecule is COC(=O)[C@H](CNC(=O)CN[C@H]1CCOc2ccc([N+](=O)[O-])cc21)NC(=O)c1c(Cl)cc(-c2ccccc2)cc1Cl. The molecule has 3 aromatic rings. The number of nitro benzene ring substituents is 1. The third-order valence-electron chi connectivity index (χ3n) is 6.42. The number of rotatable bonds is 10. The molecule has 0 unspecified atom stereocenters. The summed E-state index contributed by atoms with van der Waals surface area (Å²) < 4.78 is 10.3. The van der Waals surface area contributed by atoms with Crippen molar-refractivity contribution in [2.24, 2.45) is 0 Å². The number of fused-ring (bicyclic) bond motifs is 1. The molecule has 0 aromatic heterocycles. The fourth-order valence-electron chi connectivity index (χ4n) is 4.36. The van der Waals surface area contributed by atoms with Crippen LogP contribution in [0.5, 0.6) is 5.75 Å². The van der Waals surface area contributed by atoms with Crippen molar-refractivity contribution in [3.05, 3.63) is 92.0 Å². The maximum Gasteiger partial charge on any atom is 0.330 e. The van der Waals surface area contributed by atoms with Crippen molar-refractivity contribution in [2.75, 3.05) is 26.8 Å². The average Bonchev–Trinajstić information content (AvgIpc) is 2.97. The Balaban J connectivity index is 1.38. The molecular formula is C28H26Cl2N4O7. The summed E-state index contributed by atoms with van der Waals surface area (Å²) in [6.45, 7) is -0.0582. The molecule has 1 aliphatic rings. The third kappa shape index (κ3) is 7.31. The molecule has 4 rings (SSSR count). The van der Waals surface area contributed by atoms with Gasteiger partial charge in [0.25, 0.3) is 11.6 Å². The molecule has 2 atom stereocenters. The monoisotopic (exact) mass is 600 g/mol. The molecule has 1 aliphatic heterocycles. The van der Waals surface area contributed by atoms with E-state index in [1.807, 2.05) is 30.3 Å². The highest BCUT2D eigenvalue weighted by Crippen LogP contribution is 2.35. The second kappa shape index (κ2) is 13.4. The number of halogens is 2. The molecule has 11 nitrogen and oxygen atoms in total. The summed E-state index contributed by atoms with van der Waals surface area (Å²) >= 11 is 12.8. The predicted molar refractivity (Wildman–Crippen MR) is 152 cm³/mol. The van der Waals surface area contributed by atoms with Gasteiger partial charge in [-0.2, -0.15) is 0 Å². The van der Waals surface area contributed by atoms with E-state index >= 15 is 0 Å². The van der Waals surface area contributed by atoms with Crippen LogP contribution in [0, 0.1) is 10.1 Å². The maximum atomic E-state index is 13.1. The van der Waals surface area contributed by atoms with Crippen molar-refractivity contribution in [3.63, 3.8) is 0 Å². The minimum atomic E-state index is -1.23. The molecular weight excluding hydrogens is 575 g/mol. The van der Waals surface area contributed by atoms with E-state index in [0.29, 0.717) is 29.9 Å². The van der Waals surface area contributed by atoms with E-state index < -0.39 is 28.7 Å². The van der Waals surface area contributed by atoms with Gasteiger partial charge in [0.2, 0.25) is 5.91 Å². The Hall–Kier alpha value is -4.19. The quantitative estimate of drug-likeness (QED) is 0.179. The van der Waals surface area contributed by atoms with Crippen molar-refractivity contribution >= 4 is 46.7 Å². The largest absolute Gasteiger partial charge is 0.493 e. The molecule has 41 heavy (non-hydrogen) atoms. The molecule has 3 N–H and O–H groups in total. The van der Waals surface area contributed by atoms with Crippen molar-refractivity contribution < 1.29 is 28.8 Å². The molecule has 0 saturated heterocycles. The van der Waals surface area contributed by atoms with Crippen LogP contribution in [0.25, 0.3) is 11.1 Å². The summed E-state index contributed by atoms with van der Waals surface area (Å²) in [5.74, 6) is -1.48. The number of non-ortho nitro benzene ring substituents is 1. The Morgan fingerprint density at radius 1 is 1.07 bits per heavy atom. The van der Waals surface area contributed by atoms with Crippen LogP contribution in [-0.4, -0.2) is 55.6 Å². The van der Waals surface area contributed by atoms with Crippen LogP contribution in [0.15, 0.2) is 60.7 Å². The summed E-state index contributed by atoms with van der Waals surface area (Å²) in [5.41, 5.74) is 2.03. The number of nitrogens with zero attached hydrogens (tertiary/aromatic N) is 1. The normalized spacial score (nSPS) is 14.7. The van der Waals surface area contributed by atoms with Gasteiger partial charge in [-0.05, 0) is 29.3 Å². The predicted octanol–water partition coefficient (Wildman–Crippen LogP) is 4.07. The first-order valence-corrected chi connectivity index (χ1v) is 13.3. The lowest BCUT2D eigenvalue weighted by molar-refractivity contribution is -0.385. The Morgan fingerprint density at radius 2 is 1.78 bits per heavy atom. The summed E-state index contributed by atoms with van der Waals surface area (Å²) in [5, 5.41) is 19.5. The zero-order valence-corrected chi connectivity index (χ0v) is 23.3. The first-order chi connectivity index (χ1) is 19.7. The van der Waals surface area contributed by atoms with Gasteiger partial charge in [0.1, 0.15) is 11.8 Å². The summed E-state index contributed by atoms with van der Waals surface area (Å²) in [6.07, 6.45) is 0.493. The Kier molecular flexibility index (Phi) is 9.77. The number of hydrogen-bond donors (Lipinski definition) is 3. The number of benzene rings is 3. The summed E-state index contributed by atoms with van der Waals surface area (Å²) in [6, 6.07) is 15.2. The minimum absolute atomic E-state index is 0.0258. The number of amides is 2. The van der Waals surface area contributed by atoms with Gasteiger partial charge < -0.3 is 25.4 Å². The molecule has 2 amide bonds. The molecule has 0 spiro atoms. The molecule has 214 valence electrons. The van der Waals surface area contributed by atoms with Crippen LogP contribution in [0.4, 0.5) is 5.69 Å². The Bertz CT molecular complexity index is 1450. The lowest BCUT2D eigenvalue weighted by atomic mass is 10.00. The van der Waals surface area contributed by atoms with E-state index in [1.165, 1.54) is 18.2 Å². The van der Waals surface area contributed by atoms with Crippen LogP contribution in [0.2, 0.25) is 10.0 Å². The average molecular weight is 601 g/mol. The smallest absolute Gasteiger partial charge is 0.330 e. The fraction of sp³-hybridized carbons (Fsp3) is 0.250. The number of nitrogens with one attached hydrogen (secondary N) is 3. The van der Waals surface area contributed by atoms with Gasteiger partial charge in [-0.15, -0.1) is 0 Å². The Morgan fingerprint density at radius 3 is 2.44 bits per heavy atom. The highest BCUT2D eigenvalue weighted by atomic mass is 35.5. The van der Waals surface area contributed by atoms with Crippen LogP contribution in [-0.2, 0) is 14.3 Å². The van der Waals surface area contributed by atoms with E-state index in [1.54, 1.807) is 12.1 Å². The number of nitro groups is 1. The molecule has 1 heterocycles. The lowest BCUT2D eigenvalue weighted by Gasteiger charge is -2.26. The molecule has 0 fully saturated rings. The number of hydrogen-bond acceptors (Lipinski definition) is 8. The minimum Gasteiger partial charge on any atom is -0.493 e. The van der Waals surface area contributed by atoms with E-state index in [0.717, 1.165) is 12.7 Å². The Labute approximate surface area is 245 Å². The van der Waals surface area contributed by atoms with Gasteiger partial charge in [-0.1, -0.05) is 53.5 Å². The van der Waals surface area contributed by atoms with Gasteiger partial charge in [0.15, 0.2) is 0 Å². The fourth-order valence-corrected chi connectivity index (χ4v) is 5.01. The number of carbonyl (C=O) groups excluding carboxylic acids is 3. The molecule has 13 heteroatoms. The van der Waals surface area contributed by atoms with E-state index in [-0.39, 0.29) is 40.4 Å². The number of carbonyl (C=O) groups is 3. The van der Waals surface area contributed by atoms with Gasteiger partial charge in [0, 0.05) is 36.7 Å². The van der Waals surface area contributed by atoms with Crippen molar-refractivity contribution in [2.45, 2.75) is 18.5 Å². The van der Waals surface area contributed by atoms with Crippen molar-refractivity contribution in [3.8, 4) is 16.9 Å². The van der Waals surface area contributed by atoms with Crippen LogP contribution in [0.3, 0.4) is 0 Å². The first kappa shape index (κ1) is 29.8. The highest BCUT2D eigenvalue weighted by Gasteiger charge is 2.27. The second-order valence-corrected chi connectivity index (χ2v) is 9.90. The van der Waals surface area contributed by atoms with Gasteiger partial charge in [-0.25, -0.2) is 4.79 Å². The number of esters is 1. The molecule has 0 radical (unpaired) electrons. The highest BCUT2D eigenvalue weighted by molar-refractivity contribution is 6.40. The maximum absolute atomic E-state index is 13.1. The standard InChI is InChI=1S/C28H26Cl2N4O7/c1-40-28(37)23(33-27(36)26-20(29)11-17(12-21(26)30)16-5-3-2-4-6-16)14-32-25(35)15-31-22-9-10-41-24-8-7-18(34(38)39)13-19(22)24/h2-8,11-13,22-23,31H,9-10,14-15H2,1H3,(H,32,35)(H,33,36)/t22-,23-/m0/s1. The van der Waals surface area contributed by atoms with Gasteiger partial charge in [0.05, 0.1) is 40.8 Å². The van der Waals surface area contributed by atoms with Gasteiger partial charge in [-0.3, -0.25) is 19.7 Å². The number of methoxy groups -OCH3 is 1. The second-order valence-electron chi connectivity index (χ2n) is 9.08. The van der Waals surface area contributed by atoms with Gasteiger partial charge >= 0.3 is 5.97 Å². The van der Waals surface area contributed by atoms with E-state index in [9.17, 15) is 24.5 Å². The topological polar surface area (TPSA) is 149 Å². The zero-order chi connectivity index (χ0) is 29.5. The zero-order valence-electron chi connectivity index (χ0n) is 21.8. The van der Waals surface area contributed by atoms with E-state index in [4.69, 9.17) is 32.7 Å². The summed E-state index contributed by atoms with van der Waals surface area (Å²) in [7, 11) is 1.15. The molecule has 0 aliphatic carbocycles. The van der Waals surface area contributed by atoms with E-state index in [2.05, 4.69) is 16.0 Å². The number of ether oxygens (including phenoxy) is 2. The molecule has 0 saturated carbocycles. The van der Waals surface area contributed by atoms with Crippen LogP contribution in [0.1, 0.15) is 28.4 Å². The lowest BCUT2D eigenvalue weighted by Crippen LogP contribution is -2.50. The van der Waals surface area contributed by atoms with Crippen molar-refractivity contribution in [1.29, 1.82) is 0 Å². The van der Waals surface area contributed by atoms with Crippen LogP contribution >= 0.6 is 23.2 Å². The first-order valence-electron chi connectivity index (χ1n) is 12.5. The summed E-state index contributed by atoms with van der Waals surface area (Å²) in [4.78, 5) is 48.7. The van der Waals surface area contributed by atoms with Crippen LogP contribution < -0.4 is 20.7 Å². The third-order valence-corrected chi connectivity index (χ3v) is 7.02. The molecule has 3 aromatic carbocycles. The van der Waals surface area contributed by atoms with Crippen molar-refractivity contribution in [1.82, 2.24) is 16.0 Å². The molecule has 0 bridgehead atoms.